The van der Waals surface area contributed by atoms with Gasteiger partial charge in [0.1, 0.15) is 0 Å². The molecule has 1 aromatic heterocycles. The van der Waals surface area contributed by atoms with E-state index in [9.17, 15) is 0 Å². The monoisotopic (exact) mass is 309 g/mol. The molecule has 1 fully saturated rings. The molecule has 1 aliphatic rings. The van der Waals surface area contributed by atoms with Crippen LogP contribution in [0.4, 0.5) is 0 Å². The van der Waals surface area contributed by atoms with Gasteiger partial charge in [0.15, 0.2) is 0 Å². The van der Waals surface area contributed by atoms with Gasteiger partial charge in [0, 0.05) is 13.2 Å². The summed E-state index contributed by atoms with van der Waals surface area (Å²) in [6, 6.07) is 2.75. The Hall–Kier alpha value is -0.380. The molecule has 1 heterocycles. The van der Waals surface area contributed by atoms with Crippen LogP contribution in [0.15, 0.2) is 16.8 Å². The van der Waals surface area contributed by atoms with Crippen molar-refractivity contribution >= 4 is 11.3 Å². The lowest BCUT2D eigenvalue weighted by molar-refractivity contribution is 0.00623. The van der Waals surface area contributed by atoms with Gasteiger partial charge in [0.05, 0.1) is 6.10 Å². The van der Waals surface area contributed by atoms with Gasteiger partial charge in [0.2, 0.25) is 0 Å². The number of thiophene rings is 1. The Labute approximate surface area is 134 Å². The summed E-state index contributed by atoms with van der Waals surface area (Å²) in [6.45, 7) is 3.34. The molecule has 21 heavy (non-hydrogen) atoms. The van der Waals surface area contributed by atoms with Crippen LogP contribution in [0, 0.1) is 5.92 Å². The van der Waals surface area contributed by atoms with E-state index in [-0.39, 0.29) is 0 Å². The van der Waals surface area contributed by atoms with Gasteiger partial charge in [-0.3, -0.25) is 0 Å². The maximum atomic E-state index is 5.96. The first-order valence-corrected chi connectivity index (χ1v) is 9.56. The quantitative estimate of drug-likeness (QED) is 0.717. The summed E-state index contributed by atoms with van der Waals surface area (Å²) in [6.07, 6.45) is 10.8. The van der Waals surface area contributed by atoms with E-state index >= 15 is 0 Å². The summed E-state index contributed by atoms with van der Waals surface area (Å²) < 4.78 is 5.96. The normalized spacial score (nSPS) is 19.5. The van der Waals surface area contributed by atoms with Gasteiger partial charge in [-0.25, -0.2) is 0 Å². The molecule has 2 nitrogen and oxygen atoms in total. The molecule has 3 heteroatoms. The zero-order valence-electron chi connectivity index (χ0n) is 13.6. The highest BCUT2D eigenvalue weighted by Gasteiger charge is 2.30. The fourth-order valence-electron chi connectivity index (χ4n) is 3.62. The minimum atomic E-state index is 0.385. The summed E-state index contributed by atoms with van der Waals surface area (Å²) in [5, 5.41) is 8.21. The zero-order chi connectivity index (χ0) is 14.9. The van der Waals surface area contributed by atoms with Crippen LogP contribution >= 0.6 is 11.3 Å². The van der Waals surface area contributed by atoms with Crippen LogP contribution in [0.25, 0.3) is 0 Å². The first kappa shape index (κ1) is 17.0. The van der Waals surface area contributed by atoms with Crippen molar-refractivity contribution in [1.29, 1.82) is 0 Å². The summed E-state index contributed by atoms with van der Waals surface area (Å²) >= 11 is 1.80. The van der Waals surface area contributed by atoms with Crippen LogP contribution in [0.3, 0.4) is 0 Å². The fraction of sp³-hybridized carbons (Fsp3) is 0.778. The summed E-state index contributed by atoms with van der Waals surface area (Å²) in [4.78, 5) is 0. The molecule has 0 amide bonds. The van der Waals surface area contributed by atoms with Crippen molar-refractivity contribution in [2.24, 2.45) is 5.92 Å². The number of hydrogen-bond donors (Lipinski definition) is 1. The Bertz CT molecular complexity index is 359. The molecule has 1 saturated carbocycles. The van der Waals surface area contributed by atoms with Crippen molar-refractivity contribution < 1.29 is 4.74 Å². The molecule has 2 atom stereocenters. The highest BCUT2D eigenvalue weighted by molar-refractivity contribution is 7.07. The lowest BCUT2D eigenvalue weighted by Crippen LogP contribution is -2.46. The Morgan fingerprint density at radius 2 is 2.14 bits per heavy atom. The summed E-state index contributed by atoms with van der Waals surface area (Å²) in [5.41, 5.74) is 1.47. The van der Waals surface area contributed by atoms with E-state index in [0.29, 0.717) is 12.1 Å². The Morgan fingerprint density at radius 1 is 1.33 bits per heavy atom. The van der Waals surface area contributed by atoms with Gasteiger partial charge in [-0.1, -0.05) is 26.2 Å². The van der Waals surface area contributed by atoms with Gasteiger partial charge in [-0.05, 0) is 67.0 Å². The van der Waals surface area contributed by atoms with E-state index in [2.05, 4.69) is 29.1 Å². The average Bonchev–Trinajstić information content (AvgIpc) is 3.04. The number of rotatable bonds is 9. The van der Waals surface area contributed by atoms with Gasteiger partial charge >= 0.3 is 0 Å². The van der Waals surface area contributed by atoms with Crippen LogP contribution in [0.5, 0.6) is 0 Å². The van der Waals surface area contributed by atoms with Crippen LogP contribution in [0.1, 0.15) is 57.4 Å². The van der Waals surface area contributed by atoms with Crippen molar-refractivity contribution in [2.75, 3.05) is 13.7 Å². The van der Waals surface area contributed by atoms with Crippen LogP contribution in [0.2, 0.25) is 0 Å². The van der Waals surface area contributed by atoms with E-state index in [1.807, 2.05) is 7.11 Å². The zero-order valence-corrected chi connectivity index (χ0v) is 14.5. The Balaban J connectivity index is 1.93. The number of hydrogen-bond acceptors (Lipinski definition) is 3. The molecular formula is C18H31NOS. The van der Waals surface area contributed by atoms with Crippen molar-refractivity contribution in [2.45, 2.75) is 70.4 Å². The Morgan fingerprint density at radius 3 is 2.76 bits per heavy atom. The molecule has 0 bridgehead atoms. The molecule has 1 aromatic rings. The largest absolute Gasteiger partial charge is 0.380 e. The van der Waals surface area contributed by atoms with E-state index < -0.39 is 0 Å². The molecule has 0 radical (unpaired) electrons. The van der Waals surface area contributed by atoms with Gasteiger partial charge in [-0.2, -0.15) is 11.3 Å². The van der Waals surface area contributed by atoms with Gasteiger partial charge in [-0.15, -0.1) is 0 Å². The minimum absolute atomic E-state index is 0.385. The standard InChI is InChI=1S/C18H31NOS/c1-3-12-19-17(10-9-15-11-13-21-14-15)18(20-2)16-7-5-4-6-8-16/h11,13-14,16-19H,3-10,12H2,1-2H3. The maximum absolute atomic E-state index is 5.96. The minimum Gasteiger partial charge on any atom is -0.380 e. The number of methoxy groups -OCH3 is 1. The first-order chi connectivity index (χ1) is 10.3. The lowest BCUT2D eigenvalue weighted by Gasteiger charge is -2.35. The topological polar surface area (TPSA) is 21.3 Å². The molecule has 0 aliphatic heterocycles. The van der Waals surface area contributed by atoms with Crippen molar-refractivity contribution in [3.05, 3.63) is 22.4 Å². The van der Waals surface area contributed by atoms with Crippen molar-refractivity contribution in [1.82, 2.24) is 5.32 Å². The summed E-state index contributed by atoms with van der Waals surface area (Å²) in [5.74, 6) is 0.751. The third-order valence-corrected chi connectivity index (χ3v) is 5.50. The smallest absolute Gasteiger partial charge is 0.0752 e. The SMILES string of the molecule is CCCNC(CCc1ccsc1)C(OC)C1CCCCC1. The molecule has 2 unspecified atom stereocenters. The molecule has 0 spiro atoms. The number of nitrogens with one attached hydrogen (secondary N) is 1. The maximum Gasteiger partial charge on any atom is 0.0752 e. The van der Waals surface area contributed by atoms with Crippen molar-refractivity contribution in [3.8, 4) is 0 Å². The number of ether oxygens (including phenoxy) is 1. The molecule has 120 valence electrons. The second kappa shape index (κ2) is 9.60. The third kappa shape index (κ3) is 5.39. The van der Waals surface area contributed by atoms with E-state index in [1.54, 1.807) is 11.3 Å². The predicted octanol–water partition coefficient (Wildman–Crippen LogP) is 4.64. The van der Waals surface area contributed by atoms with Crippen molar-refractivity contribution in [3.63, 3.8) is 0 Å². The van der Waals surface area contributed by atoms with Crippen LogP contribution in [-0.4, -0.2) is 25.8 Å². The molecular weight excluding hydrogens is 278 g/mol. The Kier molecular flexibility index (Phi) is 7.76. The molecule has 2 rings (SSSR count). The van der Waals surface area contributed by atoms with Crippen LogP contribution < -0.4 is 5.32 Å². The highest BCUT2D eigenvalue weighted by Crippen LogP contribution is 2.30. The fourth-order valence-corrected chi connectivity index (χ4v) is 4.32. The van der Waals surface area contributed by atoms with Crippen LogP contribution in [-0.2, 0) is 11.2 Å². The van der Waals surface area contributed by atoms with Gasteiger partial charge in [0.25, 0.3) is 0 Å². The molecule has 0 saturated heterocycles. The second-order valence-electron chi connectivity index (χ2n) is 6.33. The first-order valence-electron chi connectivity index (χ1n) is 8.62. The third-order valence-electron chi connectivity index (χ3n) is 4.76. The van der Waals surface area contributed by atoms with E-state index in [4.69, 9.17) is 4.74 Å². The summed E-state index contributed by atoms with van der Waals surface area (Å²) in [7, 11) is 1.91. The second-order valence-corrected chi connectivity index (χ2v) is 7.11. The molecule has 1 aliphatic carbocycles. The lowest BCUT2D eigenvalue weighted by atomic mass is 9.81. The number of aryl methyl sites for hydroxylation is 1. The highest BCUT2D eigenvalue weighted by atomic mass is 32.1. The van der Waals surface area contributed by atoms with Gasteiger partial charge < -0.3 is 10.1 Å². The molecule has 0 aromatic carbocycles. The molecule has 1 N–H and O–H groups in total. The van der Waals surface area contributed by atoms with E-state index in [0.717, 1.165) is 18.9 Å². The van der Waals surface area contributed by atoms with E-state index in [1.165, 1.54) is 50.5 Å². The predicted molar refractivity (Wildman–Crippen MR) is 92.1 cm³/mol. The average molecular weight is 310 g/mol.